The van der Waals surface area contributed by atoms with E-state index in [1.54, 1.807) is 11.9 Å². The number of nitrogens with one attached hydrogen (secondary N) is 1. The highest BCUT2D eigenvalue weighted by atomic mass is 16.4. The molecule has 0 saturated heterocycles. The highest BCUT2D eigenvalue weighted by Gasteiger charge is 2.41. The predicted molar refractivity (Wildman–Crippen MR) is 83.2 cm³/mol. The number of amides is 2. The second kappa shape index (κ2) is 7.66. The monoisotopic (exact) mass is 298 g/mol. The molecule has 1 aliphatic rings. The maximum atomic E-state index is 12.1. The number of hydrogen-bond donors (Lipinski definition) is 2. The molecule has 1 fully saturated rings. The van der Waals surface area contributed by atoms with Gasteiger partial charge in [-0.05, 0) is 37.5 Å². The van der Waals surface area contributed by atoms with Gasteiger partial charge in [0.2, 0.25) is 0 Å². The number of hydrogen-bond acceptors (Lipinski definition) is 2. The molecule has 21 heavy (non-hydrogen) atoms. The van der Waals surface area contributed by atoms with Crippen LogP contribution in [0.25, 0.3) is 0 Å². The van der Waals surface area contributed by atoms with Crippen LogP contribution in [-0.4, -0.2) is 42.1 Å². The molecule has 0 heterocycles. The van der Waals surface area contributed by atoms with E-state index in [4.69, 9.17) is 0 Å². The zero-order valence-corrected chi connectivity index (χ0v) is 13.8. The van der Waals surface area contributed by atoms with Gasteiger partial charge in [-0.25, -0.2) is 4.79 Å². The van der Waals surface area contributed by atoms with E-state index in [1.807, 2.05) is 0 Å². The summed E-state index contributed by atoms with van der Waals surface area (Å²) in [4.78, 5) is 25.4. The third-order valence-corrected chi connectivity index (χ3v) is 4.89. The van der Waals surface area contributed by atoms with E-state index in [1.165, 1.54) is 0 Å². The normalized spacial score (nSPS) is 27.0. The first kappa shape index (κ1) is 17.8. The van der Waals surface area contributed by atoms with Gasteiger partial charge in [0.1, 0.15) is 0 Å². The van der Waals surface area contributed by atoms with Crippen molar-refractivity contribution in [2.45, 2.75) is 52.9 Å². The summed E-state index contributed by atoms with van der Waals surface area (Å²) in [5.74, 6) is 0.255. The molecular weight excluding hydrogens is 268 g/mol. The van der Waals surface area contributed by atoms with Crippen LogP contribution in [0.15, 0.2) is 0 Å². The summed E-state index contributed by atoms with van der Waals surface area (Å²) in [5, 5.41) is 12.4. The van der Waals surface area contributed by atoms with E-state index in [-0.39, 0.29) is 12.6 Å². The van der Waals surface area contributed by atoms with E-state index < -0.39 is 11.4 Å². The van der Waals surface area contributed by atoms with Crippen LogP contribution >= 0.6 is 0 Å². The molecule has 122 valence electrons. The summed E-state index contributed by atoms with van der Waals surface area (Å²) in [6, 6.07) is -0.172. The number of carbonyl (C=O) groups is 2. The van der Waals surface area contributed by atoms with E-state index in [9.17, 15) is 14.7 Å². The van der Waals surface area contributed by atoms with E-state index in [0.717, 1.165) is 19.3 Å². The second-order valence-corrected chi connectivity index (χ2v) is 6.82. The molecule has 2 amide bonds. The average Bonchev–Trinajstić information content (AvgIpc) is 2.46. The van der Waals surface area contributed by atoms with E-state index in [0.29, 0.717) is 31.2 Å². The van der Waals surface area contributed by atoms with Gasteiger partial charge in [0, 0.05) is 20.1 Å². The smallest absolute Gasteiger partial charge is 0.317 e. The van der Waals surface area contributed by atoms with Crippen LogP contribution < -0.4 is 5.32 Å². The fourth-order valence-electron chi connectivity index (χ4n) is 2.84. The van der Waals surface area contributed by atoms with Crippen molar-refractivity contribution < 1.29 is 14.7 Å². The number of aliphatic carboxylic acids is 1. The topological polar surface area (TPSA) is 69.6 Å². The zero-order valence-electron chi connectivity index (χ0n) is 13.8. The van der Waals surface area contributed by atoms with Crippen molar-refractivity contribution in [2.24, 2.45) is 17.3 Å². The highest BCUT2D eigenvalue weighted by molar-refractivity contribution is 5.78. The molecule has 0 spiro atoms. The van der Waals surface area contributed by atoms with E-state index in [2.05, 4.69) is 26.1 Å². The summed E-state index contributed by atoms with van der Waals surface area (Å²) in [5.41, 5.74) is -0.778. The summed E-state index contributed by atoms with van der Waals surface area (Å²) in [7, 11) is 1.76. The maximum Gasteiger partial charge on any atom is 0.317 e. The number of nitrogens with zero attached hydrogens (tertiary/aromatic N) is 1. The number of carbonyl (C=O) groups excluding carboxylic acids is 1. The molecule has 1 aliphatic carbocycles. The second-order valence-electron chi connectivity index (χ2n) is 6.82. The van der Waals surface area contributed by atoms with E-state index >= 15 is 0 Å². The van der Waals surface area contributed by atoms with Gasteiger partial charge in [-0.3, -0.25) is 4.79 Å². The van der Waals surface area contributed by atoms with Crippen LogP contribution in [0.2, 0.25) is 0 Å². The SMILES string of the molecule is CCC(C)CN(C)C(=O)NCC1(C(=O)O)CCC(C)CC1. The minimum Gasteiger partial charge on any atom is -0.481 e. The van der Waals surface area contributed by atoms with Crippen molar-refractivity contribution in [3.63, 3.8) is 0 Å². The van der Waals surface area contributed by atoms with Crippen LogP contribution in [0.1, 0.15) is 52.9 Å². The van der Waals surface area contributed by atoms with Gasteiger partial charge in [0.15, 0.2) is 0 Å². The van der Waals surface area contributed by atoms with Crippen molar-refractivity contribution in [3.05, 3.63) is 0 Å². The Balaban J connectivity index is 2.54. The molecule has 0 radical (unpaired) electrons. The Labute approximate surface area is 128 Å². The molecule has 1 rings (SSSR count). The lowest BCUT2D eigenvalue weighted by Gasteiger charge is -2.36. The van der Waals surface area contributed by atoms with Gasteiger partial charge in [0.05, 0.1) is 5.41 Å². The number of carboxylic acids is 1. The Morgan fingerprint density at radius 2 is 1.95 bits per heavy atom. The van der Waals surface area contributed by atoms with Crippen LogP contribution in [0.3, 0.4) is 0 Å². The van der Waals surface area contributed by atoms with Crippen LogP contribution in [0.5, 0.6) is 0 Å². The van der Waals surface area contributed by atoms with Crippen molar-refractivity contribution >= 4 is 12.0 Å². The summed E-state index contributed by atoms with van der Waals surface area (Å²) >= 11 is 0. The van der Waals surface area contributed by atoms with Gasteiger partial charge < -0.3 is 15.3 Å². The van der Waals surface area contributed by atoms with Crippen molar-refractivity contribution in [3.8, 4) is 0 Å². The predicted octanol–water partition coefficient (Wildman–Crippen LogP) is 2.96. The van der Waals surface area contributed by atoms with Crippen molar-refractivity contribution in [1.29, 1.82) is 0 Å². The van der Waals surface area contributed by atoms with Gasteiger partial charge in [-0.1, -0.05) is 27.2 Å². The molecule has 5 nitrogen and oxygen atoms in total. The highest BCUT2D eigenvalue weighted by Crippen LogP contribution is 2.38. The first-order valence-electron chi connectivity index (χ1n) is 8.03. The van der Waals surface area contributed by atoms with Gasteiger partial charge in [-0.2, -0.15) is 0 Å². The minimum absolute atomic E-state index is 0.172. The Morgan fingerprint density at radius 3 is 2.43 bits per heavy atom. The Bertz CT molecular complexity index is 363. The first-order valence-corrected chi connectivity index (χ1v) is 8.03. The molecule has 5 heteroatoms. The largest absolute Gasteiger partial charge is 0.481 e. The lowest BCUT2D eigenvalue weighted by atomic mass is 9.71. The number of rotatable bonds is 6. The minimum atomic E-state index is -0.778. The molecular formula is C16H30N2O3. The standard InChI is InChI=1S/C16H30N2O3/c1-5-12(2)10-18(4)15(21)17-11-16(14(19)20)8-6-13(3)7-9-16/h12-13H,5-11H2,1-4H3,(H,17,21)(H,19,20). The Hall–Kier alpha value is -1.26. The Kier molecular flexibility index (Phi) is 6.49. The quantitative estimate of drug-likeness (QED) is 0.792. The average molecular weight is 298 g/mol. The summed E-state index contributed by atoms with van der Waals surface area (Å²) in [6.45, 7) is 7.28. The van der Waals surface area contributed by atoms with Gasteiger partial charge in [0.25, 0.3) is 0 Å². The molecule has 0 aliphatic heterocycles. The number of carboxylic acid groups (broad SMARTS) is 1. The van der Waals surface area contributed by atoms with Gasteiger partial charge >= 0.3 is 12.0 Å². The molecule has 1 atom stereocenters. The third kappa shape index (κ3) is 4.90. The fourth-order valence-corrected chi connectivity index (χ4v) is 2.84. The maximum absolute atomic E-state index is 12.1. The Morgan fingerprint density at radius 1 is 1.38 bits per heavy atom. The summed E-state index contributed by atoms with van der Waals surface area (Å²) < 4.78 is 0. The molecule has 1 saturated carbocycles. The molecule has 0 aromatic rings. The molecule has 0 aromatic heterocycles. The van der Waals surface area contributed by atoms with Crippen LogP contribution in [0, 0.1) is 17.3 Å². The lowest BCUT2D eigenvalue weighted by molar-refractivity contribution is -0.151. The van der Waals surface area contributed by atoms with Crippen LogP contribution in [-0.2, 0) is 4.79 Å². The molecule has 2 N–H and O–H groups in total. The summed E-state index contributed by atoms with van der Waals surface area (Å²) in [6.07, 6.45) is 4.17. The van der Waals surface area contributed by atoms with Gasteiger partial charge in [-0.15, -0.1) is 0 Å². The van der Waals surface area contributed by atoms with Crippen molar-refractivity contribution in [1.82, 2.24) is 10.2 Å². The molecule has 0 bridgehead atoms. The third-order valence-electron chi connectivity index (χ3n) is 4.89. The fraction of sp³-hybridized carbons (Fsp3) is 0.875. The van der Waals surface area contributed by atoms with Crippen LogP contribution in [0.4, 0.5) is 4.79 Å². The zero-order chi connectivity index (χ0) is 16.0. The van der Waals surface area contributed by atoms with Crippen molar-refractivity contribution in [2.75, 3.05) is 20.1 Å². The molecule has 0 aromatic carbocycles. The molecule has 1 unspecified atom stereocenters. The lowest BCUT2D eigenvalue weighted by Crippen LogP contribution is -2.48. The number of urea groups is 1. The first-order chi connectivity index (χ1) is 9.80.